The van der Waals surface area contributed by atoms with Gasteiger partial charge in [0.1, 0.15) is 11.7 Å². The number of para-hydroxylation sites is 1. The number of hydrogen-bond acceptors (Lipinski definition) is 5. The molecule has 1 aliphatic carbocycles. The Morgan fingerprint density at radius 3 is 3.05 bits per heavy atom. The van der Waals surface area contributed by atoms with Crippen LogP contribution in [-0.2, 0) is 9.53 Å². The van der Waals surface area contributed by atoms with Gasteiger partial charge in [0, 0.05) is 17.9 Å². The van der Waals surface area contributed by atoms with Gasteiger partial charge in [-0.1, -0.05) is 24.3 Å². The predicted molar refractivity (Wildman–Crippen MR) is 77.1 cm³/mol. The number of carbonyl (C=O) groups is 1. The molecule has 6 nitrogen and oxygen atoms in total. The van der Waals surface area contributed by atoms with Gasteiger partial charge in [0.25, 0.3) is 5.69 Å². The highest BCUT2D eigenvalue weighted by atomic mass is 16.6. The van der Waals surface area contributed by atoms with E-state index in [2.05, 4.69) is 5.32 Å². The lowest BCUT2D eigenvalue weighted by Gasteiger charge is -2.35. The Bertz CT molecular complexity index is 626. The Morgan fingerprint density at radius 1 is 1.52 bits per heavy atom. The largest absolute Gasteiger partial charge is 0.464 e. The van der Waals surface area contributed by atoms with Crippen LogP contribution in [0.4, 0.5) is 11.4 Å². The highest BCUT2D eigenvalue weighted by Gasteiger charge is 2.43. The second-order valence-electron chi connectivity index (χ2n) is 5.23. The number of fused-ring (bicyclic) bond motifs is 3. The van der Waals surface area contributed by atoms with Crippen molar-refractivity contribution >= 4 is 17.3 Å². The van der Waals surface area contributed by atoms with E-state index in [1.54, 1.807) is 13.0 Å². The molecule has 1 aliphatic heterocycles. The van der Waals surface area contributed by atoms with Gasteiger partial charge in [0.15, 0.2) is 0 Å². The number of hydrogen-bond donors (Lipinski definition) is 1. The molecule has 1 heterocycles. The molecule has 0 bridgehead atoms. The van der Waals surface area contributed by atoms with Crippen molar-refractivity contribution in [1.82, 2.24) is 0 Å². The molecule has 0 saturated heterocycles. The van der Waals surface area contributed by atoms with Gasteiger partial charge in [-0.25, -0.2) is 4.79 Å². The molecular formula is C15H16N2O4. The molecular weight excluding hydrogens is 272 g/mol. The third kappa shape index (κ3) is 2.16. The Labute approximate surface area is 121 Å². The van der Waals surface area contributed by atoms with Gasteiger partial charge >= 0.3 is 5.97 Å². The minimum atomic E-state index is -0.543. The molecule has 3 rings (SSSR count). The van der Waals surface area contributed by atoms with Crippen molar-refractivity contribution in [1.29, 1.82) is 0 Å². The normalized spacial score (nSPS) is 25.7. The first-order valence-corrected chi connectivity index (χ1v) is 7.00. The first-order chi connectivity index (χ1) is 10.1. The fourth-order valence-corrected chi connectivity index (χ4v) is 3.22. The van der Waals surface area contributed by atoms with E-state index in [4.69, 9.17) is 4.74 Å². The molecule has 0 unspecified atom stereocenters. The van der Waals surface area contributed by atoms with Crippen LogP contribution in [0.1, 0.15) is 24.8 Å². The summed E-state index contributed by atoms with van der Waals surface area (Å²) < 4.78 is 5.11. The lowest BCUT2D eigenvalue weighted by molar-refractivity contribution is -0.384. The van der Waals surface area contributed by atoms with E-state index in [9.17, 15) is 14.9 Å². The average Bonchev–Trinajstić information content (AvgIpc) is 2.95. The van der Waals surface area contributed by atoms with Gasteiger partial charge in [-0.05, 0) is 18.9 Å². The Kier molecular flexibility index (Phi) is 3.37. The molecule has 1 aromatic carbocycles. The number of allylic oxidation sites excluding steroid dienone is 2. The summed E-state index contributed by atoms with van der Waals surface area (Å²) in [6.07, 6.45) is 4.82. The molecule has 2 aliphatic rings. The molecule has 21 heavy (non-hydrogen) atoms. The first kappa shape index (κ1) is 13.6. The number of rotatable bonds is 3. The maximum absolute atomic E-state index is 12.1. The van der Waals surface area contributed by atoms with Gasteiger partial charge < -0.3 is 10.1 Å². The van der Waals surface area contributed by atoms with Gasteiger partial charge in [-0.15, -0.1) is 0 Å². The molecule has 0 amide bonds. The first-order valence-electron chi connectivity index (χ1n) is 7.00. The van der Waals surface area contributed by atoms with Crippen molar-refractivity contribution in [3.05, 3.63) is 46.0 Å². The van der Waals surface area contributed by atoms with Crippen molar-refractivity contribution in [3.63, 3.8) is 0 Å². The maximum atomic E-state index is 12.1. The summed E-state index contributed by atoms with van der Waals surface area (Å²) in [5.41, 5.74) is 1.32. The number of nitrogens with zero attached hydrogens (tertiary/aromatic N) is 1. The quantitative estimate of drug-likeness (QED) is 0.400. The van der Waals surface area contributed by atoms with Gasteiger partial charge in [-0.3, -0.25) is 10.1 Å². The number of anilines is 1. The van der Waals surface area contributed by atoms with E-state index >= 15 is 0 Å². The molecule has 110 valence electrons. The van der Waals surface area contributed by atoms with E-state index in [1.807, 2.05) is 18.2 Å². The Hall–Kier alpha value is -2.37. The zero-order valence-electron chi connectivity index (χ0n) is 11.6. The number of nitrogens with one attached hydrogen (secondary N) is 1. The molecule has 0 radical (unpaired) electrons. The lowest BCUT2D eigenvalue weighted by Crippen LogP contribution is -2.43. The van der Waals surface area contributed by atoms with E-state index in [-0.39, 0.29) is 23.5 Å². The summed E-state index contributed by atoms with van der Waals surface area (Å²) in [5.74, 6) is -0.269. The summed E-state index contributed by atoms with van der Waals surface area (Å²) in [6.45, 7) is 2.05. The van der Waals surface area contributed by atoms with Crippen LogP contribution in [0.25, 0.3) is 0 Å². The zero-order valence-corrected chi connectivity index (χ0v) is 11.6. The predicted octanol–water partition coefficient (Wildman–Crippen LogP) is 2.61. The third-order valence-corrected chi connectivity index (χ3v) is 4.11. The van der Waals surface area contributed by atoms with Gasteiger partial charge in [0.05, 0.1) is 11.5 Å². The molecule has 3 atom stereocenters. The van der Waals surface area contributed by atoms with Crippen LogP contribution < -0.4 is 5.32 Å². The topological polar surface area (TPSA) is 81.5 Å². The molecule has 1 aromatic rings. The minimum absolute atomic E-state index is 0.000508. The van der Waals surface area contributed by atoms with Crippen LogP contribution in [0.3, 0.4) is 0 Å². The molecule has 1 N–H and O–H groups in total. The lowest BCUT2D eigenvalue weighted by atomic mass is 9.79. The fourth-order valence-electron chi connectivity index (χ4n) is 3.22. The van der Waals surface area contributed by atoms with Gasteiger partial charge in [0.2, 0.25) is 0 Å². The van der Waals surface area contributed by atoms with Crippen LogP contribution in [0, 0.1) is 16.0 Å². The Morgan fingerprint density at radius 2 is 2.33 bits per heavy atom. The molecule has 6 heteroatoms. The number of esters is 1. The summed E-state index contributed by atoms with van der Waals surface area (Å²) in [4.78, 5) is 22.9. The van der Waals surface area contributed by atoms with Crippen molar-refractivity contribution in [2.45, 2.75) is 25.3 Å². The summed E-state index contributed by atoms with van der Waals surface area (Å²) in [7, 11) is 0. The SMILES string of the molecule is CCOC(=O)[C@H]1Nc2c(cccc2[N+](=O)[O-])[C@H]2C=CC[C@H]12. The number of nitro groups is 1. The number of ether oxygens (including phenoxy) is 1. The maximum Gasteiger partial charge on any atom is 0.328 e. The standard InChI is InChI=1S/C15H16N2O4/c1-2-21-15(18)14-11-6-3-5-9(11)10-7-4-8-12(17(19)20)13(10)16-14/h3-5,7-9,11,14,16H,2,6H2,1H3/t9-,11+,14+/m1/s1. The summed E-state index contributed by atoms with van der Waals surface area (Å²) in [5, 5.41) is 14.2. The van der Waals surface area contributed by atoms with Crippen molar-refractivity contribution in [2.24, 2.45) is 5.92 Å². The van der Waals surface area contributed by atoms with Gasteiger partial charge in [-0.2, -0.15) is 0 Å². The molecule has 0 fully saturated rings. The van der Waals surface area contributed by atoms with E-state index in [1.165, 1.54) is 6.07 Å². The summed E-state index contributed by atoms with van der Waals surface area (Å²) in [6, 6.07) is 4.47. The van der Waals surface area contributed by atoms with Crippen LogP contribution in [0.5, 0.6) is 0 Å². The average molecular weight is 288 g/mol. The number of benzene rings is 1. The fraction of sp³-hybridized carbons (Fsp3) is 0.400. The monoisotopic (exact) mass is 288 g/mol. The van der Waals surface area contributed by atoms with Crippen LogP contribution in [-0.4, -0.2) is 23.5 Å². The van der Waals surface area contributed by atoms with E-state index in [0.29, 0.717) is 12.3 Å². The molecule has 0 saturated carbocycles. The second-order valence-corrected chi connectivity index (χ2v) is 5.23. The zero-order chi connectivity index (χ0) is 15.0. The van der Waals surface area contributed by atoms with Crippen LogP contribution in [0.15, 0.2) is 30.4 Å². The highest BCUT2D eigenvalue weighted by Crippen LogP contribution is 2.47. The molecule has 0 aromatic heterocycles. The Balaban J connectivity index is 2.05. The smallest absolute Gasteiger partial charge is 0.328 e. The molecule has 0 spiro atoms. The van der Waals surface area contributed by atoms with Crippen molar-refractivity contribution in [3.8, 4) is 0 Å². The van der Waals surface area contributed by atoms with E-state index in [0.717, 1.165) is 12.0 Å². The number of carbonyl (C=O) groups excluding carboxylic acids is 1. The second kappa shape index (κ2) is 5.20. The third-order valence-electron chi connectivity index (χ3n) is 4.11. The highest BCUT2D eigenvalue weighted by molar-refractivity contribution is 5.84. The number of nitro benzene ring substituents is 1. The van der Waals surface area contributed by atoms with Crippen LogP contribution in [0.2, 0.25) is 0 Å². The van der Waals surface area contributed by atoms with Crippen molar-refractivity contribution in [2.75, 3.05) is 11.9 Å². The van der Waals surface area contributed by atoms with Crippen LogP contribution >= 0.6 is 0 Å². The van der Waals surface area contributed by atoms with Crippen molar-refractivity contribution < 1.29 is 14.5 Å². The minimum Gasteiger partial charge on any atom is -0.464 e. The van der Waals surface area contributed by atoms with E-state index < -0.39 is 11.0 Å². The summed E-state index contributed by atoms with van der Waals surface area (Å²) >= 11 is 0.